The van der Waals surface area contributed by atoms with Crippen molar-refractivity contribution in [3.8, 4) is 0 Å². The molecule has 1 aromatic carbocycles. The van der Waals surface area contributed by atoms with E-state index in [1.165, 1.54) is 19.1 Å². The smallest absolute Gasteiger partial charge is 0.329 e. The maximum Gasteiger partial charge on any atom is 0.329 e. The van der Waals surface area contributed by atoms with Crippen LogP contribution in [0.4, 0.5) is 19.3 Å². The van der Waals surface area contributed by atoms with Crippen LogP contribution >= 0.6 is 0 Å². The van der Waals surface area contributed by atoms with E-state index in [2.05, 4.69) is 5.32 Å². The second kappa shape index (κ2) is 5.67. The van der Waals surface area contributed by atoms with Crippen molar-refractivity contribution in [1.29, 1.82) is 0 Å². The second-order valence-electron chi connectivity index (χ2n) is 5.22. The number of rotatable bonds is 2. The van der Waals surface area contributed by atoms with Crippen molar-refractivity contribution < 1.29 is 23.5 Å². The zero-order valence-corrected chi connectivity index (χ0v) is 11.5. The third-order valence-electron chi connectivity index (χ3n) is 3.79. The number of carboxylic acid groups (broad SMARTS) is 1. The van der Waals surface area contributed by atoms with E-state index in [0.717, 1.165) is 11.0 Å². The zero-order valence-electron chi connectivity index (χ0n) is 11.5. The number of piperidine rings is 1. The molecular weight excluding hydrogens is 282 g/mol. The largest absolute Gasteiger partial charge is 0.480 e. The highest BCUT2D eigenvalue weighted by Gasteiger charge is 2.44. The fourth-order valence-corrected chi connectivity index (χ4v) is 2.45. The first-order valence-electron chi connectivity index (χ1n) is 6.62. The fraction of sp³-hybridized carbons (Fsp3) is 0.429. The van der Waals surface area contributed by atoms with Gasteiger partial charge in [0.1, 0.15) is 5.54 Å². The highest BCUT2D eigenvalue weighted by atomic mass is 19.2. The predicted molar refractivity (Wildman–Crippen MR) is 72.0 cm³/mol. The normalized spacial score (nSPS) is 22.0. The SMILES string of the molecule is CC1(C(=O)O)CCCCN1C(=O)Nc1cccc(F)c1F. The van der Waals surface area contributed by atoms with Crippen LogP contribution in [0.2, 0.25) is 0 Å². The molecule has 1 heterocycles. The number of halogens is 2. The molecule has 0 bridgehead atoms. The number of likely N-dealkylation sites (tertiary alicyclic amines) is 1. The minimum atomic E-state index is -1.34. The van der Waals surface area contributed by atoms with Gasteiger partial charge in [-0.1, -0.05) is 6.07 Å². The van der Waals surface area contributed by atoms with Crippen molar-refractivity contribution in [2.24, 2.45) is 0 Å². The fourth-order valence-electron chi connectivity index (χ4n) is 2.45. The number of aliphatic carboxylic acids is 1. The summed E-state index contributed by atoms with van der Waals surface area (Å²) in [4.78, 5) is 24.8. The van der Waals surface area contributed by atoms with Crippen LogP contribution in [0.15, 0.2) is 18.2 Å². The Morgan fingerprint density at radius 2 is 2.05 bits per heavy atom. The zero-order chi connectivity index (χ0) is 15.6. The summed E-state index contributed by atoms with van der Waals surface area (Å²) in [5.41, 5.74) is -1.65. The van der Waals surface area contributed by atoms with Crippen LogP contribution in [-0.2, 0) is 4.79 Å². The molecule has 0 aliphatic carbocycles. The number of hydrogen-bond donors (Lipinski definition) is 2. The lowest BCUT2D eigenvalue weighted by Gasteiger charge is -2.41. The molecule has 2 rings (SSSR count). The molecule has 0 spiro atoms. The standard InChI is InChI=1S/C14H16F2N2O3/c1-14(12(19)20)7-2-3-8-18(14)13(21)17-10-6-4-5-9(15)11(10)16/h4-6H,2-3,7-8H2,1H3,(H,17,21)(H,19,20). The highest BCUT2D eigenvalue weighted by molar-refractivity contribution is 5.94. The van der Waals surface area contributed by atoms with Crippen molar-refractivity contribution in [2.75, 3.05) is 11.9 Å². The number of benzene rings is 1. The average molecular weight is 298 g/mol. The van der Waals surface area contributed by atoms with Crippen molar-refractivity contribution >= 4 is 17.7 Å². The monoisotopic (exact) mass is 298 g/mol. The highest BCUT2D eigenvalue weighted by Crippen LogP contribution is 2.29. The molecule has 1 aromatic rings. The van der Waals surface area contributed by atoms with Crippen LogP contribution < -0.4 is 5.32 Å². The molecule has 1 saturated heterocycles. The van der Waals surface area contributed by atoms with Crippen molar-refractivity contribution in [2.45, 2.75) is 31.7 Å². The maximum absolute atomic E-state index is 13.6. The van der Waals surface area contributed by atoms with Crippen molar-refractivity contribution in [3.63, 3.8) is 0 Å². The van der Waals surface area contributed by atoms with Gasteiger partial charge in [0.2, 0.25) is 0 Å². The Morgan fingerprint density at radius 3 is 2.71 bits per heavy atom. The molecule has 0 radical (unpaired) electrons. The number of nitrogens with one attached hydrogen (secondary N) is 1. The molecular formula is C14H16F2N2O3. The van der Waals surface area contributed by atoms with E-state index in [0.29, 0.717) is 19.3 Å². The number of amides is 2. The first-order chi connectivity index (χ1) is 9.86. The second-order valence-corrected chi connectivity index (χ2v) is 5.22. The number of hydrogen-bond acceptors (Lipinski definition) is 2. The van der Waals surface area contributed by atoms with Gasteiger partial charge in [0, 0.05) is 6.54 Å². The molecule has 1 atom stereocenters. The van der Waals surface area contributed by atoms with Gasteiger partial charge in [-0.3, -0.25) is 0 Å². The number of urea groups is 1. The first kappa shape index (κ1) is 15.2. The number of nitrogens with zero attached hydrogens (tertiary/aromatic N) is 1. The van der Waals surface area contributed by atoms with Gasteiger partial charge < -0.3 is 15.3 Å². The lowest BCUT2D eigenvalue weighted by atomic mass is 9.89. The summed E-state index contributed by atoms with van der Waals surface area (Å²) < 4.78 is 26.7. The van der Waals surface area contributed by atoms with E-state index in [1.807, 2.05) is 0 Å². The van der Waals surface area contributed by atoms with E-state index >= 15 is 0 Å². The van der Waals surface area contributed by atoms with Crippen LogP contribution in [0.5, 0.6) is 0 Å². The Kier molecular flexibility index (Phi) is 4.11. The third kappa shape index (κ3) is 2.81. The Balaban J connectivity index is 2.22. The van der Waals surface area contributed by atoms with Crippen LogP contribution in [-0.4, -0.2) is 34.1 Å². The minimum Gasteiger partial charge on any atom is -0.480 e. The van der Waals surface area contributed by atoms with Crippen LogP contribution in [0.3, 0.4) is 0 Å². The number of carbonyl (C=O) groups excluding carboxylic acids is 1. The summed E-state index contributed by atoms with van der Waals surface area (Å²) in [6.07, 6.45) is 1.68. The van der Waals surface area contributed by atoms with E-state index in [-0.39, 0.29) is 12.2 Å². The summed E-state index contributed by atoms with van der Waals surface area (Å²) in [6, 6.07) is 2.68. The van der Waals surface area contributed by atoms with Crippen LogP contribution in [0, 0.1) is 11.6 Å². The topological polar surface area (TPSA) is 69.6 Å². The van der Waals surface area contributed by atoms with Gasteiger partial charge in [0.15, 0.2) is 11.6 Å². The third-order valence-corrected chi connectivity index (χ3v) is 3.79. The Bertz CT molecular complexity index is 579. The van der Waals surface area contributed by atoms with Gasteiger partial charge in [-0.15, -0.1) is 0 Å². The van der Waals surface area contributed by atoms with Gasteiger partial charge in [-0.2, -0.15) is 0 Å². The first-order valence-corrected chi connectivity index (χ1v) is 6.62. The number of carboxylic acids is 1. The summed E-state index contributed by atoms with van der Waals surface area (Å²) >= 11 is 0. The van der Waals surface area contributed by atoms with Gasteiger partial charge in [-0.25, -0.2) is 18.4 Å². The summed E-state index contributed by atoms with van der Waals surface area (Å²) in [6.45, 7) is 1.71. The maximum atomic E-state index is 13.6. The summed E-state index contributed by atoms with van der Waals surface area (Å²) in [7, 11) is 0. The molecule has 21 heavy (non-hydrogen) atoms. The van der Waals surface area contributed by atoms with E-state index in [4.69, 9.17) is 0 Å². The van der Waals surface area contributed by atoms with Gasteiger partial charge in [0.05, 0.1) is 5.69 Å². The minimum absolute atomic E-state index is 0.256. The van der Waals surface area contributed by atoms with E-state index in [1.54, 1.807) is 0 Å². The van der Waals surface area contributed by atoms with Gasteiger partial charge in [0.25, 0.3) is 0 Å². The van der Waals surface area contributed by atoms with E-state index in [9.17, 15) is 23.5 Å². The summed E-state index contributed by atoms with van der Waals surface area (Å²) in [5.74, 6) is -3.36. The molecule has 2 N–H and O–H groups in total. The Morgan fingerprint density at radius 1 is 1.33 bits per heavy atom. The van der Waals surface area contributed by atoms with E-state index < -0.39 is 29.2 Å². The van der Waals surface area contributed by atoms with Crippen molar-refractivity contribution in [3.05, 3.63) is 29.8 Å². The lowest BCUT2D eigenvalue weighted by Crippen LogP contribution is -2.58. The summed E-state index contributed by atoms with van der Waals surface area (Å²) in [5, 5.41) is 11.6. The molecule has 1 aliphatic heterocycles. The molecule has 1 fully saturated rings. The van der Waals surface area contributed by atoms with Crippen LogP contribution in [0.25, 0.3) is 0 Å². The van der Waals surface area contributed by atoms with Gasteiger partial charge >= 0.3 is 12.0 Å². The molecule has 7 heteroatoms. The molecule has 1 aliphatic rings. The quantitative estimate of drug-likeness (QED) is 0.882. The molecule has 114 valence electrons. The Hall–Kier alpha value is -2.18. The molecule has 0 saturated carbocycles. The number of carbonyl (C=O) groups is 2. The van der Waals surface area contributed by atoms with Crippen LogP contribution in [0.1, 0.15) is 26.2 Å². The van der Waals surface area contributed by atoms with Crippen molar-refractivity contribution in [1.82, 2.24) is 4.90 Å². The molecule has 1 unspecified atom stereocenters. The average Bonchev–Trinajstić information content (AvgIpc) is 2.44. The number of anilines is 1. The lowest BCUT2D eigenvalue weighted by molar-refractivity contribution is -0.150. The Labute approximate surface area is 120 Å². The molecule has 0 aromatic heterocycles. The predicted octanol–water partition coefficient (Wildman–Crippen LogP) is 2.83. The molecule has 2 amide bonds. The molecule has 5 nitrogen and oxygen atoms in total. The van der Waals surface area contributed by atoms with Gasteiger partial charge in [-0.05, 0) is 38.3 Å².